The normalized spacial score (nSPS) is 33.2. The number of carboxylic acid groups (broad SMARTS) is 1. The highest BCUT2D eigenvalue weighted by Gasteiger charge is 2.45. The first-order chi connectivity index (χ1) is 8.55. The molecule has 2 heterocycles. The number of morpholine rings is 1. The lowest BCUT2D eigenvalue weighted by molar-refractivity contribution is -0.163. The highest BCUT2D eigenvalue weighted by atomic mass is 16.5. The summed E-state index contributed by atoms with van der Waals surface area (Å²) in [4.78, 5) is 25.3. The highest BCUT2D eigenvalue weighted by molar-refractivity contribution is 5.89. The highest BCUT2D eigenvalue weighted by Crippen LogP contribution is 2.29. The van der Waals surface area contributed by atoms with E-state index in [1.165, 1.54) is 4.90 Å². The third kappa shape index (κ3) is 2.35. The number of hydrogen-bond acceptors (Lipinski definition) is 4. The minimum absolute atomic E-state index is 0.153. The zero-order valence-electron chi connectivity index (χ0n) is 10.6. The molecule has 2 fully saturated rings. The van der Waals surface area contributed by atoms with Gasteiger partial charge < -0.3 is 20.1 Å². The van der Waals surface area contributed by atoms with Crippen LogP contribution in [0, 0.1) is 0 Å². The largest absolute Gasteiger partial charge is 0.480 e. The van der Waals surface area contributed by atoms with Crippen LogP contribution in [0.2, 0.25) is 0 Å². The molecule has 2 aliphatic heterocycles. The van der Waals surface area contributed by atoms with Crippen molar-refractivity contribution < 1.29 is 19.4 Å². The smallest absolute Gasteiger partial charge is 0.329 e. The molecule has 0 aromatic carbocycles. The fourth-order valence-corrected chi connectivity index (χ4v) is 2.61. The van der Waals surface area contributed by atoms with Crippen LogP contribution in [-0.4, -0.2) is 59.8 Å². The van der Waals surface area contributed by atoms with Gasteiger partial charge in [0.15, 0.2) is 0 Å². The first-order valence-electron chi connectivity index (χ1n) is 6.42. The number of hydrogen-bond donors (Lipinski definition) is 2. The summed E-state index contributed by atoms with van der Waals surface area (Å²) in [6.07, 6.45) is 2.23. The van der Waals surface area contributed by atoms with E-state index >= 15 is 0 Å². The Morgan fingerprint density at radius 1 is 1.44 bits per heavy atom. The number of rotatable bonds is 2. The van der Waals surface area contributed by atoms with Gasteiger partial charge in [-0.1, -0.05) is 0 Å². The summed E-state index contributed by atoms with van der Waals surface area (Å²) >= 11 is 0. The van der Waals surface area contributed by atoms with E-state index in [1.807, 2.05) is 0 Å². The molecule has 2 N–H and O–H groups in total. The van der Waals surface area contributed by atoms with Crippen molar-refractivity contribution in [1.82, 2.24) is 10.2 Å². The van der Waals surface area contributed by atoms with Gasteiger partial charge in [0.05, 0.1) is 13.2 Å². The number of ether oxygens (including phenoxy) is 1. The molecule has 2 rings (SSSR count). The zero-order chi connectivity index (χ0) is 13.2. The average molecular weight is 256 g/mol. The van der Waals surface area contributed by atoms with Gasteiger partial charge in [-0.05, 0) is 26.2 Å². The third-order valence-corrected chi connectivity index (χ3v) is 3.84. The van der Waals surface area contributed by atoms with Gasteiger partial charge in [-0.3, -0.25) is 4.79 Å². The molecule has 2 unspecified atom stereocenters. The van der Waals surface area contributed by atoms with Crippen LogP contribution in [0.25, 0.3) is 0 Å². The van der Waals surface area contributed by atoms with Gasteiger partial charge in [-0.2, -0.15) is 0 Å². The summed E-state index contributed by atoms with van der Waals surface area (Å²) in [5.74, 6) is -1.08. The number of carbonyl (C=O) groups excluding carboxylic acids is 1. The van der Waals surface area contributed by atoms with Crippen LogP contribution in [0.4, 0.5) is 0 Å². The molecule has 0 saturated carbocycles. The van der Waals surface area contributed by atoms with Crippen LogP contribution < -0.4 is 5.32 Å². The van der Waals surface area contributed by atoms with Crippen molar-refractivity contribution in [2.75, 3.05) is 26.3 Å². The Bertz CT molecular complexity index is 341. The maximum Gasteiger partial charge on any atom is 0.329 e. The van der Waals surface area contributed by atoms with Crippen molar-refractivity contribution >= 4 is 11.9 Å². The molecule has 0 aliphatic carbocycles. The van der Waals surface area contributed by atoms with Crippen LogP contribution in [0.1, 0.15) is 26.2 Å². The molecule has 0 aromatic heterocycles. The van der Waals surface area contributed by atoms with E-state index < -0.39 is 17.6 Å². The van der Waals surface area contributed by atoms with Gasteiger partial charge in [-0.25, -0.2) is 4.79 Å². The van der Waals surface area contributed by atoms with E-state index in [2.05, 4.69) is 5.32 Å². The van der Waals surface area contributed by atoms with Crippen LogP contribution in [0.3, 0.4) is 0 Å². The summed E-state index contributed by atoms with van der Waals surface area (Å²) in [5.41, 5.74) is -1.07. The molecule has 2 aliphatic rings. The number of carbonyl (C=O) groups is 2. The quantitative estimate of drug-likeness (QED) is 0.717. The SMILES string of the molecule is CC1(C(=O)O)CCCCN1C(=O)C1COCCN1. The second-order valence-electron chi connectivity index (χ2n) is 5.11. The maximum atomic E-state index is 12.4. The van der Waals surface area contributed by atoms with E-state index in [9.17, 15) is 14.7 Å². The Labute approximate surface area is 106 Å². The number of carboxylic acids is 1. The minimum atomic E-state index is -1.07. The Balaban J connectivity index is 2.13. The van der Waals surface area contributed by atoms with Crippen LogP contribution >= 0.6 is 0 Å². The van der Waals surface area contributed by atoms with Crippen LogP contribution in [-0.2, 0) is 14.3 Å². The number of nitrogens with one attached hydrogen (secondary N) is 1. The monoisotopic (exact) mass is 256 g/mol. The lowest BCUT2D eigenvalue weighted by atomic mass is 9.88. The van der Waals surface area contributed by atoms with Gasteiger partial charge >= 0.3 is 5.97 Å². The Morgan fingerprint density at radius 2 is 2.22 bits per heavy atom. The van der Waals surface area contributed by atoms with Crippen molar-refractivity contribution in [3.63, 3.8) is 0 Å². The standard InChI is InChI=1S/C12H20N2O4/c1-12(11(16)17)4-2-3-6-14(12)10(15)9-8-18-7-5-13-9/h9,13H,2-8H2,1H3,(H,16,17). The summed E-state index contributed by atoms with van der Waals surface area (Å²) in [6, 6.07) is -0.407. The van der Waals surface area contributed by atoms with E-state index in [0.29, 0.717) is 32.7 Å². The molecule has 102 valence electrons. The van der Waals surface area contributed by atoms with Crippen molar-refractivity contribution in [2.24, 2.45) is 0 Å². The molecule has 2 saturated heterocycles. The lowest BCUT2D eigenvalue weighted by Crippen LogP contribution is -2.63. The van der Waals surface area contributed by atoms with E-state index in [0.717, 1.165) is 12.8 Å². The second-order valence-corrected chi connectivity index (χ2v) is 5.11. The Hall–Kier alpha value is -1.14. The predicted molar refractivity (Wildman–Crippen MR) is 64.2 cm³/mol. The molecule has 1 amide bonds. The summed E-state index contributed by atoms with van der Waals surface area (Å²) in [7, 11) is 0. The number of likely N-dealkylation sites (tertiary alicyclic amines) is 1. The van der Waals surface area contributed by atoms with Crippen molar-refractivity contribution in [2.45, 2.75) is 37.8 Å². The zero-order valence-corrected chi connectivity index (χ0v) is 10.6. The summed E-state index contributed by atoms with van der Waals surface area (Å²) in [6.45, 7) is 3.70. The van der Waals surface area contributed by atoms with E-state index in [4.69, 9.17) is 4.74 Å². The second kappa shape index (κ2) is 5.24. The molecule has 0 bridgehead atoms. The summed E-state index contributed by atoms with van der Waals surface area (Å²) < 4.78 is 5.27. The topological polar surface area (TPSA) is 78.9 Å². The fraction of sp³-hybridized carbons (Fsp3) is 0.833. The van der Waals surface area contributed by atoms with E-state index in [1.54, 1.807) is 6.92 Å². The fourth-order valence-electron chi connectivity index (χ4n) is 2.61. The Kier molecular flexibility index (Phi) is 3.87. The molecular formula is C12H20N2O4. The van der Waals surface area contributed by atoms with Gasteiger partial charge in [0.2, 0.25) is 5.91 Å². The molecular weight excluding hydrogens is 236 g/mol. The van der Waals surface area contributed by atoms with Crippen molar-refractivity contribution in [3.8, 4) is 0 Å². The molecule has 0 radical (unpaired) electrons. The van der Waals surface area contributed by atoms with Crippen LogP contribution in [0.15, 0.2) is 0 Å². The number of amides is 1. The number of aliphatic carboxylic acids is 1. The predicted octanol–water partition coefficient (Wildman–Crippen LogP) is -0.169. The van der Waals surface area contributed by atoms with Crippen molar-refractivity contribution in [3.05, 3.63) is 0 Å². The molecule has 18 heavy (non-hydrogen) atoms. The first kappa shape index (κ1) is 13.3. The molecule has 0 spiro atoms. The van der Waals surface area contributed by atoms with Crippen molar-refractivity contribution in [1.29, 1.82) is 0 Å². The lowest BCUT2D eigenvalue weighted by Gasteiger charge is -2.43. The van der Waals surface area contributed by atoms with E-state index in [-0.39, 0.29) is 5.91 Å². The maximum absolute atomic E-state index is 12.4. The van der Waals surface area contributed by atoms with Gasteiger partial charge in [0, 0.05) is 13.1 Å². The van der Waals surface area contributed by atoms with Crippen LogP contribution in [0.5, 0.6) is 0 Å². The minimum Gasteiger partial charge on any atom is -0.480 e. The molecule has 2 atom stereocenters. The molecule has 6 nitrogen and oxygen atoms in total. The van der Waals surface area contributed by atoms with Gasteiger partial charge in [-0.15, -0.1) is 0 Å². The summed E-state index contributed by atoms with van der Waals surface area (Å²) in [5, 5.41) is 12.5. The average Bonchev–Trinajstić information content (AvgIpc) is 2.39. The Morgan fingerprint density at radius 3 is 2.83 bits per heavy atom. The number of piperidine rings is 1. The molecule has 0 aromatic rings. The number of nitrogens with zero attached hydrogens (tertiary/aromatic N) is 1. The molecule has 6 heteroatoms. The van der Waals surface area contributed by atoms with Gasteiger partial charge in [0.25, 0.3) is 0 Å². The van der Waals surface area contributed by atoms with Gasteiger partial charge in [0.1, 0.15) is 11.6 Å². The first-order valence-corrected chi connectivity index (χ1v) is 6.42. The third-order valence-electron chi connectivity index (χ3n) is 3.84.